The van der Waals surface area contributed by atoms with Gasteiger partial charge in [-0.15, -0.1) is 11.3 Å². The van der Waals surface area contributed by atoms with E-state index in [2.05, 4.69) is 5.32 Å². The van der Waals surface area contributed by atoms with Crippen molar-refractivity contribution in [1.82, 2.24) is 5.32 Å². The number of ether oxygens (including phenoxy) is 1. The van der Waals surface area contributed by atoms with E-state index in [1.54, 1.807) is 0 Å². The summed E-state index contributed by atoms with van der Waals surface area (Å²) in [6.45, 7) is -0.0208. The molecule has 1 heterocycles. The van der Waals surface area contributed by atoms with Crippen LogP contribution in [0.25, 0.3) is 0 Å². The number of thiophene rings is 1. The van der Waals surface area contributed by atoms with E-state index in [-0.39, 0.29) is 25.5 Å². The van der Waals surface area contributed by atoms with Crippen molar-refractivity contribution in [2.75, 3.05) is 13.2 Å². The standard InChI is InChI=1S/C14H16N2O3S/c15-6-3-7-16-13(17)9-19-14(18)12-8-10-4-1-2-5-11(10)20-12/h8H,1-5,7,9H2,(H,16,17). The SMILES string of the molecule is N#CCCNC(=O)COC(=O)c1cc2c(s1)CCCC2. The zero-order valence-electron chi connectivity index (χ0n) is 11.1. The zero-order chi connectivity index (χ0) is 14.4. The molecule has 1 aromatic rings. The van der Waals surface area contributed by atoms with E-state index in [9.17, 15) is 9.59 Å². The molecule has 0 unspecified atom stereocenters. The molecule has 0 saturated heterocycles. The smallest absolute Gasteiger partial charge is 0.348 e. The highest BCUT2D eigenvalue weighted by molar-refractivity contribution is 7.14. The molecule has 20 heavy (non-hydrogen) atoms. The lowest BCUT2D eigenvalue weighted by Crippen LogP contribution is -2.29. The first-order valence-corrected chi connectivity index (χ1v) is 7.44. The lowest BCUT2D eigenvalue weighted by molar-refractivity contribution is -0.124. The summed E-state index contributed by atoms with van der Waals surface area (Å²) in [6.07, 6.45) is 4.63. The average molecular weight is 292 g/mol. The van der Waals surface area contributed by atoms with Crippen LogP contribution in [0.2, 0.25) is 0 Å². The van der Waals surface area contributed by atoms with Gasteiger partial charge >= 0.3 is 5.97 Å². The van der Waals surface area contributed by atoms with Crippen LogP contribution >= 0.6 is 11.3 Å². The van der Waals surface area contributed by atoms with Crippen LogP contribution in [-0.2, 0) is 22.4 Å². The summed E-state index contributed by atoms with van der Waals surface area (Å²) in [5.41, 5.74) is 1.24. The number of rotatable bonds is 5. The van der Waals surface area contributed by atoms with Gasteiger partial charge in [-0.1, -0.05) is 0 Å². The van der Waals surface area contributed by atoms with Gasteiger partial charge in [-0.05, 0) is 37.3 Å². The molecule has 0 radical (unpaired) electrons. The first-order valence-electron chi connectivity index (χ1n) is 6.63. The van der Waals surface area contributed by atoms with Crippen molar-refractivity contribution < 1.29 is 14.3 Å². The Morgan fingerprint density at radius 1 is 1.40 bits per heavy atom. The molecule has 0 aromatic carbocycles. The molecule has 0 bridgehead atoms. The molecule has 6 heteroatoms. The maximum absolute atomic E-state index is 11.9. The number of nitrogens with zero attached hydrogens (tertiary/aromatic N) is 1. The number of hydrogen-bond donors (Lipinski definition) is 1. The number of nitrogens with one attached hydrogen (secondary N) is 1. The molecule has 1 aromatic heterocycles. The third-order valence-electron chi connectivity index (χ3n) is 3.09. The first-order chi connectivity index (χ1) is 9.70. The van der Waals surface area contributed by atoms with Gasteiger partial charge < -0.3 is 10.1 Å². The fourth-order valence-electron chi connectivity index (χ4n) is 2.10. The van der Waals surface area contributed by atoms with Crippen molar-refractivity contribution >= 4 is 23.2 Å². The Balaban J connectivity index is 1.81. The van der Waals surface area contributed by atoms with E-state index >= 15 is 0 Å². The monoisotopic (exact) mass is 292 g/mol. The van der Waals surface area contributed by atoms with Crippen LogP contribution < -0.4 is 5.32 Å². The van der Waals surface area contributed by atoms with Gasteiger partial charge in [-0.2, -0.15) is 5.26 Å². The van der Waals surface area contributed by atoms with Gasteiger partial charge in [0, 0.05) is 11.4 Å². The lowest BCUT2D eigenvalue weighted by Gasteiger charge is -2.08. The fourth-order valence-corrected chi connectivity index (χ4v) is 3.25. The van der Waals surface area contributed by atoms with Crippen molar-refractivity contribution in [2.45, 2.75) is 32.1 Å². The van der Waals surface area contributed by atoms with Crippen LogP contribution in [0, 0.1) is 11.3 Å². The van der Waals surface area contributed by atoms with E-state index < -0.39 is 5.97 Å². The third kappa shape index (κ3) is 3.81. The Morgan fingerprint density at radius 2 is 2.20 bits per heavy atom. The molecule has 5 nitrogen and oxygen atoms in total. The quantitative estimate of drug-likeness (QED) is 0.663. The normalized spacial score (nSPS) is 13.2. The van der Waals surface area contributed by atoms with E-state index in [1.807, 2.05) is 12.1 Å². The largest absolute Gasteiger partial charge is 0.451 e. The van der Waals surface area contributed by atoms with Crippen LogP contribution in [0.5, 0.6) is 0 Å². The predicted molar refractivity (Wildman–Crippen MR) is 74.5 cm³/mol. The number of esters is 1. The molecule has 1 aliphatic carbocycles. The summed E-state index contributed by atoms with van der Waals surface area (Å²) >= 11 is 1.47. The third-order valence-corrected chi connectivity index (χ3v) is 4.31. The predicted octanol–water partition coefficient (Wildman–Crippen LogP) is 1.81. The molecule has 0 spiro atoms. The summed E-state index contributed by atoms with van der Waals surface area (Å²) in [5.74, 6) is -0.824. The minimum Gasteiger partial charge on any atom is -0.451 e. The Labute approximate surface area is 121 Å². The summed E-state index contributed by atoms with van der Waals surface area (Å²) in [5, 5.41) is 10.8. The van der Waals surface area contributed by atoms with E-state index in [0.717, 1.165) is 12.8 Å². The summed E-state index contributed by atoms with van der Waals surface area (Å²) in [6, 6.07) is 3.80. The molecule has 0 atom stereocenters. The second-order valence-electron chi connectivity index (χ2n) is 4.60. The molecule has 106 valence electrons. The van der Waals surface area contributed by atoms with Gasteiger partial charge in [0.2, 0.25) is 0 Å². The number of fused-ring (bicyclic) bond motifs is 1. The number of carbonyl (C=O) groups is 2. The number of hydrogen-bond acceptors (Lipinski definition) is 5. The molecule has 0 aliphatic heterocycles. The molecule has 0 fully saturated rings. The van der Waals surface area contributed by atoms with E-state index in [0.29, 0.717) is 4.88 Å². The topological polar surface area (TPSA) is 79.2 Å². The van der Waals surface area contributed by atoms with Gasteiger partial charge in [-0.25, -0.2) is 4.79 Å². The second kappa shape index (κ2) is 7.06. The summed E-state index contributed by atoms with van der Waals surface area (Å²) in [7, 11) is 0. The molecular formula is C14H16N2O3S. The number of nitriles is 1. The highest BCUT2D eigenvalue weighted by Gasteiger charge is 2.18. The number of aryl methyl sites for hydroxylation is 2. The van der Waals surface area contributed by atoms with Crippen LogP contribution in [0.3, 0.4) is 0 Å². The van der Waals surface area contributed by atoms with Crippen LogP contribution in [-0.4, -0.2) is 25.0 Å². The Kier molecular flexibility index (Phi) is 5.13. The Morgan fingerprint density at radius 3 is 2.95 bits per heavy atom. The summed E-state index contributed by atoms with van der Waals surface area (Å²) in [4.78, 5) is 25.0. The van der Waals surface area contributed by atoms with Gasteiger partial charge in [-0.3, -0.25) is 4.79 Å². The first kappa shape index (κ1) is 14.5. The van der Waals surface area contributed by atoms with Gasteiger partial charge in [0.05, 0.1) is 12.5 Å². The minimum absolute atomic E-state index is 0.247. The van der Waals surface area contributed by atoms with Gasteiger partial charge in [0.25, 0.3) is 5.91 Å². The Bertz CT molecular complexity index is 522. The number of carbonyl (C=O) groups excluding carboxylic acids is 2. The van der Waals surface area contributed by atoms with Crippen molar-refractivity contribution in [3.05, 3.63) is 21.4 Å². The molecule has 1 amide bonds. The molecule has 1 N–H and O–H groups in total. The lowest BCUT2D eigenvalue weighted by atomic mass is 9.99. The molecule has 1 aliphatic rings. The fraction of sp³-hybridized carbons (Fsp3) is 0.500. The van der Waals surface area contributed by atoms with Crippen molar-refractivity contribution in [3.8, 4) is 6.07 Å². The highest BCUT2D eigenvalue weighted by atomic mass is 32.1. The van der Waals surface area contributed by atoms with Crippen LogP contribution in [0.1, 0.15) is 39.4 Å². The van der Waals surface area contributed by atoms with Crippen LogP contribution in [0.15, 0.2) is 6.07 Å². The van der Waals surface area contributed by atoms with E-state index in [1.165, 1.54) is 34.6 Å². The van der Waals surface area contributed by atoms with E-state index in [4.69, 9.17) is 10.00 Å². The van der Waals surface area contributed by atoms with Crippen molar-refractivity contribution in [2.24, 2.45) is 0 Å². The van der Waals surface area contributed by atoms with Gasteiger partial charge in [0.1, 0.15) is 4.88 Å². The van der Waals surface area contributed by atoms with Gasteiger partial charge in [0.15, 0.2) is 6.61 Å². The molecular weight excluding hydrogens is 276 g/mol. The second-order valence-corrected chi connectivity index (χ2v) is 5.74. The van der Waals surface area contributed by atoms with Crippen LogP contribution in [0.4, 0.5) is 0 Å². The average Bonchev–Trinajstić information content (AvgIpc) is 2.89. The molecule has 2 rings (SSSR count). The maximum Gasteiger partial charge on any atom is 0.348 e. The molecule has 0 saturated carbocycles. The maximum atomic E-state index is 11.9. The van der Waals surface area contributed by atoms with Crippen molar-refractivity contribution in [3.63, 3.8) is 0 Å². The minimum atomic E-state index is -0.445. The Hall–Kier alpha value is -1.87. The van der Waals surface area contributed by atoms with Crippen molar-refractivity contribution in [1.29, 1.82) is 5.26 Å². The highest BCUT2D eigenvalue weighted by Crippen LogP contribution is 2.29. The summed E-state index contributed by atoms with van der Waals surface area (Å²) < 4.78 is 4.97. The number of amides is 1. The zero-order valence-corrected chi connectivity index (χ0v) is 11.9.